The summed E-state index contributed by atoms with van der Waals surface area (Å²) in [5.74, 6) is -1.20. The number of ether oxygens (including phenoxy) is 2. The van der Waals surface area contributed by atoms with Gasteiger partial charge in [0.1, 0.15) is 18.0 Å². The third kappa shape index (κ3) is 2.26. The first-order valence-electron chi connectivity index (χ1n) is 9.99. The molecule has 0 spiro atoms. The second kappa shape index (κ2) is 5.98. The molecule has 31 heavy (non-hydrogen) atoms. The van der Waals surface area contributed by atoms with Gasteiger partial charge in [-0.3, -0.25) is 14.4 Å². The van der Waals surface area contributed by atoms with Crippen molar-refractivity contribution in [1.82, 2.24) is 9.80 Å². The maximum absolute atomic E-state index is 13.5. The molecule has 158 valence electrons. The molecule has 4 atom stereocenters. The Balaban J connectivity index is 1.57. The van der Waals surface area contributed by atoms with Crippen LogP contribution in [0.4, 0.5) is 5.69 Å². The fourth-order valence-electron chi connectivity index (χ4n) is 5.27. The SMILES string of the molecule is CN1CC(=O)N2[C@@H](C1=O)[C@H]1C(=O)c3ccccc3NC1(O)[C@H]2c1ccc2c(c1)OCO2. The van der Waals surface area contributed by atoms with Crippen molar-refractivity contribution in [1.29, 1.82) is 0 Å². The van der Waals surface area contributed by atoms with Gasteiger partial charge in [0.05, 0.1) is 6.54 Å². The van der Waals surface area contributed by atoms with Crippen molar-refractivity contribution in [2.24, 2.45) is 5.92 Å². The van der Waals surface area contributed by atoms with E-state index in [2.05, 4.69) is 5.32 Å². The van der Waals surface area contributed by atoms with Crippen LogP contribution in [0, 0.1) is 5.92 Å². The minimum Gasteiger partial charge on any atom is -0.454 e. The van der Waals surface area contributed by atoms with Gasteiger partial charge in [-0.1, -0.05) is 18.2 Å². The summed E-state index contributed by atoms with van der Waals surface area (Å²) in [6.45, 7) is -0.0463. The van der Waals surface area contributed by atoms with Crippen molar-refractivity contribution in [2.45, 2.75) is 17.8 Å². The van der Waals surface area contributed by atoms with Crippen LogP contribution in [0.1, 0.15) is 22.0 Å². The Morgan fingerprint density at radius 2 is 1.87 bits per heavy atom. The van der Waals surface area contributed by atoms with Crippen molar-refractivity contribution < 1.29 is 29.0 Å². The molecule has 1 unspecified atom stereocenters. The van der Waals surface area contributed by atoms with E-state index in [-0.39, 0.29) is 30.9 Å². The van der Waals surface area contributed by atoms with Gasteiger partial charge >= 0.3 is 0 Å². The lowest BCUT2D eigenvalue weighted by Crippen LogP contribution is -2.59. The Kier molecular flexibility index (Phi) is 3.51. The molecule has 2 N–H and O–H groups in total. The molecule has 0 bridgehead atoms. The zero-order valence-electron chi connectivity index (χ0n) is 16.6. The van der Waals surface area contributed by atoms with Gasteiger partial charge in [0.15, 0.2) is 23.0 Å². The van der Waals surface area contributed by atoms with E-state index in [0.29, 0.717) is 28.3 Å². The second-order valence-electron chi connectivity index (χ2n) is 8.29. The van der Waals surface area contributed by atoms with Gasteiger partial charge in [-0.25, -0.2) is 0 Å². The van der Waals surface area contributed by atoms with E-state index >= 15 is 0 Å². The number of anilines is 1. The number of carbonyl (C=O) groups is 3. The number of rotatable bonds is 1. The molecule has 0 radical (unpaired) electrons. The molecule has 4 heterocycles. The Morgan fingerprint density at radius 1 is 1.10 bits per heavy atom. The van der Waals surface area contributed by atoms with E-state index in [0.717, 1.165) is 0 Å². The van der Waals surface area contributed by atoms with E-state index in [1.54, 1.807) is 42.5 Å². The Hall–Kier alpha value is -3.59. The molecule has 4 aliphatic heterocycles. The van der Waals surface area contributed by atoms with Crippen LogP contribution in [0.5, 0.6) is 11.5 Å². The average molecular weight is 421 g/mol. The number of hydrogen-bond acceptors (Lipinski definition) is 7. The summed E-state index contributed by atoms with van der Waals surface area (Å²) in [7, 11) is 1.53. The zero-order valence-corrected chi connectivity index (χ0v) is 16.6. The predicted octanol–water partition coefficient (Wildman–Crippen LogP) is 0.752. The number of amides is 2. The highest BCUT2D eigenvalue weighted by molar-refractivity contribution is 6.10. The zero-order chi connectivity index (χ0) is 21.5. The lowest BCUT2D eigenvalue weighted by molar-refractivity contribution is -0.155. The standard InChI is InChI=1S/C22H19N3O6/c1-24-9-16(26)25-18(21(24)28)17-19(27)12-4-2-3-5-13(12)23-22(17,29)20(25)11-6-7-14-15(8-11)31-10-30-14/h2-8,17-18,20,23,29H,9-10H2,1H3/t17-,18+,20+,22?/m0/s1. The highest BCUT2D eigenvalue weighted by atomic mass is 16.7. The van der Waals surface area contributed by atoms with Crippen LogP contribution in [0.25, 0.3) is 0 Å². The third-order valence-corrected chi connectivity index (χ3v) is 6.60. The van der Waals surface area contributed by atoms with Crippen molar-refractivity contribution in [3.63, 3.8) is 0 Å². The minimum atomic E-state index is -1.87. The van der Waals surface area contributed by atoms with Crippen LogP contribution >= 0.6 is 0 Å². The van der Waals surface area contributed by atoms with Crippen LogP contribution in [0.2, 0.25) is 0 Å². The molecule has 2 aromatic carbocycles. The number of nitrogens with zero attached hydrogens (tertiary/aromatic N) is 2. The summed E-state index contributed by atoms with van der Waals surface area (Å²) < 4.78 is 10.9. The number of para-hydroxylation sites is 1. The van der Waals surface area contributed by atoms with Gasteiger partial charge in [0, 0.05) is 18.3 Å². The summed E-state index contributed by atoms with van der Waals surface area (Å²) in [6.07, 6.45) is 0. The van der Waals surface area contributed by atoms with Gasteiger partial charge in [-0.15, -0.1) is 0 Å². The van der Waals surface area contributed by atoms with Gasteiger partial charge in [-0.05, 0) is 29.8 Å². The molecular weight excluding hydrogens is 402 g/mol. The molecule has 2 saturated heterocycles. The number of ketones is 1. The molecule has 0 saturated carbocycles. The maximum atomic E-state index is 13.5. The smallest absolute Gasteiger partial charge is 0.246 e. The molecule has 0 aliphatic carbocycles. The Morgan fingerprint density at radius 3 is 2.71 bits per heavy atom. The number of Topliss-reactive ketones (excluding diaryl/α,β-unsaturated/α-hetero) is 1. The van der Waals surface area contributed by atoms with Crippen molar-refractivity contribution in [3.05, 3.63) is 53.6 Å². The van der Waals surface area contributed by atoms with E-state index < -0.39 is 23.7 Å². The van der Waals surface area contributed by atoms with Crippen LogP contribution in [0.3, 0.4) is 0 Å². The number of piperazine rings is 1. The highest BCUT2D eigenvalue weighted by Crippen LogP contribution is 2.54. The number of nitrogens with one attached hydrogen (secondary N) is 1. The molecule has 4 aliphatic rings. The monoisotopic (exact) mass is 421 g/mol. The van der Waals surface area contributed by atoms with Crippen molar-refractivity contribution in [3.8, 4) is 11.5 Å². The van der Waals surface area contributed by atoms with Crippen LogP contribution in [0.15, 0.2) is 42.5 Å². The number of hydrogen-bond donors (Lipinski definition) is 2. The molecule has 0 aromatic heterocycles. The second-order valence-corrected chi connectivity index (χ2v) is 8.29. The lowest BCUT2D eigenvalue weighted by atomic mass is 9.78. The molecule has 2 amide bonds. The topological polar surface area (TPSA) is 108 Å². The number of aliphatic hydroxyl groups is 1. The van der Waals surface area contributed by atoms with E-state index in [4.69, 9.17) is 9.47 Å². The first-order valence-corrected chi connectivity index (χ1v) is 9.99. The number of fused-ring (bicyclic) bond motifs is 5. The molecule has 2 fully saturated rings. The summed E-state index contributed by atoms with van der Waals surface area (Å²) >= 11 is 0. The van der Waals surface area contributed by atoms with E-state index in [9.17, 15) is 19.5 Å². The maximum Gasteiger partial charge on any atom is 0.246 e. The summed E-state index contributed by atoms with van der Waals surface area (Å²) in [4.78, 5) is 42.5. The number of benzene rings is 2. The average Bonchev–Trinajstić information content (AvgIpc) is 3.32. The van der Waals surface area contributed by atoms with Crippen LogP contribution in [-0.2, 0) is 9.59 Å². The molecule has 6 rings (SSSR count). The number of likely N-dealkylation sites (N-methyl/N-ethyl adjacent to an activating group) is 1. The summed E-state index contributed by atoms with van der Waals surface area (Å²) in [5, 5.41) is 15.1. The van der Waals surface area contributed by atoms with Crippen LogP contribution < -0.4 is 14.8 Å². The van der Waals surface area contributed by atoms with Crippen LogP contribution in [-0.4, -0.2) is 64.7 Å². The van der Waals surface area contributed by atoms with E-state index in [1.165, 1.54) is 16.8 Å². The number of carbonyl (C=O) groups excluding carboxylic acids is 3. The first-order chi connectivity index (χ1) is 14.9. The predicted molar refractivity (Wildman–Crippen MR) is 106 cm³/mol. The van der Waals surface area contributed by atoms with Gasteiger partial charge < -0.3 is 29.7 Å². The quantitative estimate of drug-likeness (QED) is 0.700. The molecule has 9 nitrogen and oxygen atoms in total. The summed E-state index contributed by atoms with van der Waals surface area (Å²) in [5.41, 5.74) is -0.480. The minimum absolute atomic E-state index is 0.0784. The highest BCUT2D eigenvalue weighted by Gasteiger charge is 2.68. The fraction of sp³-hybridized carbons (Fsp3) is 0.318. The van der Waals surface area contributed by atoms with Gasteiger partial charge in [0.2, 0.25) is 18.6 Å². The third-order valence-electron chi connectivity index (χ3n) is 6.60. The van der Waals surface area contributed by atoms with E-state index in [1.807, 2.05) is 0 Å². The normalized spacial score (nSPS) is 30.6. The van der Waals surface area contributed by atoms with Gasteiger partial charge in [0.25, 0.3) is 0 Å². The first kappa shape index (κ1) is 18.2. The lowest BCUT2D eigenvalue weighted by Gasteiger charge is -2.40. The van der Waals surface area contributed by atoms with Gasteiger partial charge in [-0.2, -0.15) is 0 Å². The molecule has 9 heteroatoms. The van der Waals surface area contributed by atoms with Crippen molar-refractivity contribution in [2.75, 3.05) is 25.7 Å². The summed E-state index contributed by atoms with van der Waals surface area (Å²) in [6, 6.07) is 9.86. The Bertz CT molecular complexity index is 1170. The molecular formula is C22H19N3O6. The molecule has 2 aromatic rings. The largest absolute Gasteiger partial charge is 0.454 e. The van der Waals surface area contributed by atoms with Crippen molar-refractivity contribution >= 4 is 23.3 Å². The Labute approximate surface area is 177 Å². The fourth-order valence-corrected chi connectivity index (χ4v) is 5.27.